The van der Waals surface area contributed by atoms with Crippen LogP contribution in [0.4, 0.5) is 14.5 Å². The van der Waals surface area contributed by atoms with Crippen molar-refractivity contribution in [2.24, 2.45) is 0 Å². The zero-order valence-electron chi connectivity index (χ0n) is 10.9. The van der Waals surface area contributed by atoms with Gasteiger partial charge in [-0.25, -0.2) is 13.6 Å². The first kappa shape index (κ1) is 14.6. The summed E-state index contributed by atoms with van der Waals surface area (Å²) in [5, 5.41) is 11.0. The molecule has 0 aliphatic rings. The number of nitrogens with one attached hydrogen (secondary N) is 1. The molecule has 1 aromatic carbocycles. The number of rotatable bonds is 3. The first-order chi connectivity index (χ1) is 9.90. The van der Waals surface area contributed by atoms with E-state index >= 15 is 0 Å². The van der Waals surface area contributed by atoms with Gasteiger partial charge in [-0.15, -0.1) is 0 Å². The number of carbonyl (C=O) groups is 2. The van der Waals surface area contributed by atoms with E-state index in [1.54, 1.807) is 0 Å². The quantitative estimate of drug-likeness (QED) is 0.911. The number of pyridine rings is 1. The number of nitrogens with zero attached hydrogens (tertiary/aromatic N) is 1. The van der Waals surface area contributed by atoms with Gasteiger partial charge in [-0.05, 0) is 24.6 Å². The Hall–Kier alpha value is -2.83. The van der Waals surface area contributed by atoms with Gasteiger partial charge in [0, 0.05) is 6.20 Å². The number of aryl methyl sites for hydroxylation is 1. The minimum absolute atomic E-state index is 0.0280. The molecule has 0 atom stereocenters. The van der Waals surface area contributed by atoms with Crippen LogP contribution in [-0.2, 0) is 0 Å². The molecule has 1 heterocycles. The normalized spacial score (nSPS) is 10.2. The smallest absolute Gasteiger partial charge is 0.337 e. The van der Waals surface area contributed by atoms with Crippen LogP contribution in [0, 0.1) is 18.6 Å². The maximum atomic E-state index is 13.8. The number of carboxylic acids is 1. The first-order valence-corrected chi connectivity index (χ1v) is 5.84. The largest absolute Gasteiger partial charge is 0.478 e. The summed E-state index contributed by atoms with van der Waals surface area (Å²) in [6.07, 6.45) is 2.27. The standard InChI is InChI=1S/C14H10F2N2O3/c1-7-2-3-10(15)11(12(7)16)13(19)18-9-4-8(14(20)21)5-17-6-9/h2-6H,1H3,(H,18,19)(H,20,21). The van der Waals surface area contributed by atoms with Crippen molar-refractivity contribution in [1.29, 1.82) is 0 Å². The molecule has 0 aliphatic heterocycles. The summed E-state index contributed by atoms with van der Waals surface area (Å²) < 4.78 is 27.4. The lowest BCUT2D eigenvalue weighted by Crippen LogP contribution is -2.17. The van der Waals surface area contributed by atoms with Crippen LogP contribution in [0.5, 0.6) is 0 Å². The highest BCUT2D eigenvalue weighted by Gasteiger charge is 2.19. The van der Waals surface area contributed by atoms with Gasteiger partial charge in [0.2, 0.25) is 0 Å². The Labute approximate surface area is 118 Å². The van der Waals surface area contributed by atoms with Gasteiger partial charge in [-0.1, -0.05) is 6.07 Å². The van der Waals surface area contributed by atoms with Gasteiger partial charge < -0.3 is 10.4 Å². The predicted octanol–water partition coefficient (Wildman–Crippen LogP) is 2.62. The first-order valence-electron chi connectivity index (χ1n) is 5.84. The summed E-state index contributed by atoms with van der Waals surface area (Å²) in [4.78, 5) is 26.3. The zero-order valence-corrected chi connectivity index (χ0v) is 10.9. The Morgan fingerprint density at radius 2 is 1.95 bits per heavy atom. The van der Waals surface area contributed by atoms with E-state index < -0.39 is 29.1 Å². The number of amides is 1. The third-order valence-electron chi connectivity index (χ3n) is 2.75. The highest BCUT2D eigenvalue weighted by atomic mass is 19.1. The summed E-state index contributed by atoms with van der Waals surface area (Å²) in [5.74, 6) is -4.21. The second-order valence-corrected chi connectivity index (χ2v) is 4.27. The maximum absolute atomic E-state index is 13.8. The average Bonchev–Trinajstić information content (AvgIpc) is 2.43. The van der Waals surface area contributed by atoms with Gasteiger partial charge in [0.15, 0.2) is 0 Å². The molecule has 2 N–H and O–H groups in total. The van der Waals surface area contributed by atoms with Crippen molar-refractivity contribution >= 4 is 17.6 Å². The van der Waals surface area contributed by atoms with E-state index in [-0.39, 0.29) is 16.8 Å². The molecule has 0 bridgehead atoms. The minimum atomic E-state index is -1.23. The van der Waals surface area contributed by atoms with Crippen molar-refractivity contribution in [3.63, 3.8) is 0 Å². The van der Waals surface area contributed by atoms with E-state index in [2.05, 4.69) is 10.3 Å². The molecule has 0 fully saturated rings. The molecular weight excluding hydrogens is 282 g/mol. The van der Waals surface area contributed by atoms with Gasteiger partial charge in [-0.2, -0.15) is 0 Å². The number of aromatic nitrogens is 1. The molecule has 1 aromatic heterocycles. The number of carboxylic acid groups (broad SMARTS) is 1. The summed E-state index contributed by atoms with van der Waals surface area (Å²) in [7, 11) is 0. The molecule has 21 heavy (non-hydrogen) atoms. The third kappa shape index (κ3) is 3.02. The Morgan fingerprint density at radius 3 is 2.62 bits per heavy atom. The molecular formula is C14H10F2N2O3. The maximum Gasteiger partial charge on any atom is 0.337 e. The van der Waals surface area contributed by atoms with Gasteiger partial charge in [0.05, 0.1) is 17.4 Å². The molecule has 2 rings (SSSR count). The minimum Gasteiger partial charge on any atom is -0.478 e. The fourth-order valence-electron chi connectivity index (χ4n) is 1.68. The number of anilines is 1. The molecule has 1 amide bonds. The van der Waals surface area contributed by atoms with Crippen LogP contribution >= 0.6 is 0 Å². The van der Waals surface area contributed by atoms with E-state index in [0.717, 1.165) is 18.3 Å². The molecule has 108 valence electrons. The monoisotopic (exact) mass is 292 g/mol. The van der Waals surface area contributed by atoms with Crippen LogP contribution in [0.2, 0.25) is 0 Å². The average molecular weight is 292 g/mol. The SMILES string of the molecule is Cc1ccc(F)c(C(=O)Nc2cncc(C(=O)O)c2)c1F. The number of hydrogen-bond acceptors (Lipinski definition) is 3. The van der Waals surface area contributed by atoms with Crippen LogP contribution in [-0.4, -0.2) is 22.0 Å². The molecule has 0 saturated carbocycles. The van der Waals surface area contributed by atoms with Gasteiger partial charge in [0.25, 0.3) is 5.91 Å². The van der Waals surface area contributed by atoms with Crippen molar-refractivity contribution in [3.05, 3.63) is 58.9 Å². The Morgan fingerprint density at radius 1 is 1.24 bits per heavy atom. The van der Waals surface area contributed by atoms with Gasteiger partial charge in [-0.3, -0.25) is 9.78 Å². The van der Waals surface area contributed by atoms with E-state index in [1.165, 1.54) is 19.2 Å². The topological polar surface area (TPSA) is 79.3 Å². The van der Waals surface area contributed by atoms with Crippen molar-refractivity contribution in [2.75, 3.05) is 5.32 Å². The molecule has 0 saturated heterocycles. The summed E-state index contributed by atoms with van der Waals surface area (Å²) >= 11 is 0. The van der Waals surface area contributed by atoms with Crippen molar-refractivity contribution in [2.45, 2.75) is 6.92 Å². The fourth-order valence-corrected chi connectivity index (χ4v) is 1.68. The number of carbonyl (C=O) groups excluding carboxylic acids is 1. The van der Waals surface area contributed by atoms with Gasteiger partial charge >= 0.3 is 5.97 Å². The number of aromatic carboxylic acids is 1. The molecule has 0 aliphatic carbocycles. The van der Waals surface area contributed by atoms with Crippen LogP contribution in [0.15, 0.2) is 30.6 Å². The van der Waals surface area contributed by atoms with Crippen molar-refractivity contribution in [1.82, 2.24) is 4.98 Å². The highest BCUT2D eigenvalue weighted by Crippen LogP contribution is 2.18. The second kappa shape index (κ2) is 5.66. The summed E-state index contributed by atoms with van der Waals surface area (Å²) in [6.45, 7) is 1.40. The lowest BCUT2D eigenvalue weighted by molar-refractivity contribution is 0.0696. The molecule has 2 aromatic rings. The van der Waals surface area contributed by atoms with E-state index in [1.807, 2.05) is 0 Å². The van der Waals surface area contributed by atoms with E-state index in [9.17, 15) is 18.4 Å². The lowest BCUT2D eigenvalue weighted by Gasteiger charge is -2.08. The molecule has 5 nitrogen and oxygen atoms in total. The van der Waals surface area contributed by atoms with E-state index in [4.69, 9.17) is 5.11 Å². The fraction of sp³-hybridized carbons (Fsp3) is 0.0714. The Bertz CT molecular complexity index is 732. The molecule has 7 heteroatoms. The van der Waals surface area contributed by atoms with Crippen molar-refractivity contribution < 1.29 is 23.5 Å². The number of benzene rings is 1. The zero-order chi connectivity index (χ0) is 15.6. The van der Waals surface area contributed by atoms with Crippen LogP contribution in [0.25, 0.3) is 0 Å². The van der Waals surface area contributed by atoms with Gasteiger partial charge in [0.1, 0.15) is 17.2 Å². The Kier molecular flexibility index (Phi) is 3.93. The third-order valence-corrected chi connectivity index (χ3v) is 2.75. The van der Waals surface area contributed by atoms with Crippen molar-refractivity contribution in [3.8, 4) is 0 Å². The number of halogens is 2. The predicted molar refractivity (Wildman–Crippen MR) is 70.2 cm³/mol. The van der Waals surface area contributed by atoms with Crippen LogP contribution in [0.3, 0.4) is 0 Å². The van der Waals surface area contributed by atoms with E-state index in [0.29, 0.717) is 0 Å². The summed E-state index contributed by atoms with van der Waals surface area (Å²) in [6, 6.07) is 3.34. The second-order valence-electron chi connectivity index (χ2n) is 4.27. The Balaban J connectivity index is 2.33. The molecule has 0 spiro atoms. The molecule has 0 radical (unpaired) electrons. The number of hydrogen-bond donors (Lipinski definition) is 2. The molecule has 0 unspecified atom stereocenters. The summed E-state index contributed by atoms with van der Waals surface area (Å²) in [5.41, 5.74) is -0.729. The highest BCUT2D eigenvalue weighted by molar-refractivity contribution is 6.05. The lowest BCUT2D eigenvalue weighted by atomic mass is 10.1. The van der Waals surface area contributed by atoms with Crippen LogP contribution < -0.4 is 5.32 Å². The van der Waals surface area contributed by atoms with Crippen LogP contribution in [0.1, 0.15) is 26.3 Å².